The second-order valence-electron chi connectivity index (χ2n) is 4.24. The Morgan fingerprint density at radius 3 is 1.89 bits per heavy atom. The number of benzene rings is 2. The van der Waals surface area contributed by atoms with E-state index < -0.39 is 23.1 Å². The van der Waals surface area contributed by atoms with Crippen LogP contribution < -0.4 is 0 Å². The van der Waals surface area contributed by atoms with Crippen LogP contribution in [0.3, 0.4) is 0 Å². The third-order valence-corrected chi connectivity index (χ3v) is 3.12. The fourth-order valence-electron chi connectivity index (χ4n) is 2.20. The van der Waals surface area contributed by atoms with Gasteiger partial charge in [-0.3, -0.25) is 9.59 Å². The number of rotatable bonds is 0. The Kier molecular flexibility index (Phi) is 2.13. The fraction of sp³-hybridized carbons (Fsp3) is 0. The average molecular weight is 256 g/mol. The third kappa shape index (κ3) is 1.41. The summed E-state index contributed by atoms with van der Waals surface area (Å²) >= 11 is 0. The summed E-state index contributed by atoms with van der Waals surface area (Å²) in [5.41, 5.74) is -0.0135. The van der Waals surface area contributed by atoms with E-state index in [2.05, 4.69) is 0 Å². The molecule has 0 unspecified atom stereocenters. The van der Waals surface area contributed by atoms with Gasteiger partial charge < -0.3 is 15.3 Å². The number of ketones is 2. The molecule has 19 heavy (non-hydrogen) atoms. The van der Waals surface area contributed by atoms with Gasteiger partial charge in [-0.25, -0.2) is 0 Å². The third-order valence-electron chi connectivity index (χ3n) is 3.12. The van der Waals surface area contributed by atoms with E-state index in [4.69, 9.17) is 0 Å². The van der Waals surface area contributed by atoms with Gasteiger partial charge in [0.15, 0.2) is 23.1 Å². The second kappa shape index (κ2) is 3.58. The number of hydrogen-bond acceptors (Lipinski definition) is 5. The zero-order chi connectivity index (χ0) is 13.7. The van der Waals surface area contributed by atoms with Crippen molar-refractivity contribution in [2.24, 2.45) is 0 Å². The van der Waals surface area contributed by atoms with Gasteiger partial charge in [0.05, 0.1) is 5.56 Å². The molecule has 3 rings (SSSR count). The summed E-state index contributed by atoms with van der Waals surface area (Å²) in [6.45, 7) is 0. The molecule has 0 atom stereocenters. The Balaban J connectivity index is 2.36. The molecule has 1 aliphatic carbocycles. The first kappa shape index (κ1) is 11.3. The predicted octanol–water partition coefficient (Wildman–Crippen LogP) is 1.58. The van der Waals surface area contributed by atoms with E-state index in [0.717, 1.165) is 12.1 Å². The monoisotopic (exact) mass is 256 g/mol. The molecule has 2 aromatic rings. The highest BCUT2D eigenvalue weighted by Crippen LogP contribution is 2.37. The molecule has 3 N–H and O–H groups in total. The maximum absolute atomic E-state index is 12.2. The van der Waals surface area contributed by atoms with E-state index >= 15 is 0 Å². The maximum Gasteiger partial charge on any atom is 0.198 e. The Morgan fingerprint density at radius 2 is 1.26 bits per heavy atom. The quantitative estimate of drug-likeness (QED) is 0.531. The molecular formula is C14H8O5. The van der Waals surface area contributed by atoms with Crippen LogP contribution in [0, 0.1) is 0 Å². The van der Waals surface area contributed by atoms with Gasteiger partial charge in [-0.2, -0.15) is 0 Å². The first-order valence-electron chi connectivity index (χ1n) is 5.48. The van der Waals surface area contributed by atoms with E-state index in [9.17, 15) is 24.9 Å². The lowest BCUT2D eigenvalue weighted by Gasteiger charge is -2.18. The zero-order valence-electron chi connectivity index (χ0n) is 9.54. The molecule has 0 radical (unpaired) electrons. The van der Waals surface area contributed by atoms with E-state index in [1.165, 1.54) is 18.2 Å². The molecule has 94 valence electrons. The minimum atomic E-state index is -0.557. The number of phenols is 3. The van der Waals surface area contributed by atoms with Crippen LogP contribution in [0.2, 0.25) is 0 Å². The van der Waals surface area contributed by atoms with Crippen molar-refractivity contribution in [2.45, 2.75) is 0 Å². The Hall–Kier alpha value is -2.82. The summed E-state index contributed by atoms with van der Waals surface area (Å²) in [6, 6.07) is 6.29. The first-order valence-corrected chi connectivity index (χ1v) is 5.48. The molecule has 0 saturated carbocycles. The molecule has 0 aromatic heterocycles. The highest BCUT2D eigenvalue weighted by Gasteiger charge is 2.32. The lowest BCUT2D eigenvalue weighted by atomic mass is 9.83. The van der Waals surface area contributed by atoms with Crippen LogP contribution in [0.1, 0.15) is 31.8 Å². The molecular weight excluding hydrogens is 248 g/mol. The minimum Gasteiger partial charge on any atom is -0.507 e. The SMILES string of the molecule is O=C1c2cc(O)c(O)cc2C(=O)c2c(O)cccc21. The molecule has 5 heteroatoms. The highest BCUT2D eigenvalue weighted by molar-refractivity contribution is 6.29. The molecule has 1 aliphatic rings. The van der Waals surface area contributed by atoms with Gasteiger partial charge in [0.25, 0.3) is 0 Å². The van der Waals surface area contributed by atoms with Crippen molar-refractivity contribution in [1.82, 2.24) is 0 Å². The highest BCUT2D eigenvalue weighted by atomic mass is 16.3. The molecule has 2 aromatic carbocycles. The lowest BCUT2D eigenvalue weighted by molar-refractivity contribution is 0.0976. The summed E-state index contributed by atoms with van der Waals surface area (Å²) < 4.78 is 0. The molecule has 0 bridgehead atoms. The van der Waals surface area contributed by atoms with E-state index in [0.29, 0.717) is 0 Å². The average Bonchev–Trinajstić information content (AvgIpc) is 2.38. The zero-order valence-corrected chi connectivity index (χ0v) is 9.54. The van der Waals surface area contributed by atoms with E-state index in [-0.39, 0.29) is 28.0 Å². The standard InChI is InChI=1S/C14H8O5/c15-9-3-1-2-6-12(9)14(19)8-5-11(17)10(16)4-7(8)13(6)18/h1-5,15-17H. The first-order chi connectivity index (χ1) is 9.00. The summed E-state index contributed by atoms with van der Waals surface area (Å²) in [7, 11) is 0. The van der Waals surface area contributed by atoms with E-state index in [1.807, 2.05) is 0 Å². The van der Waals surface area contributed by atoms with Crippen LogP contribution in [-0.2, 0) is 0 Å². The van der Waals surface area contributed by atoms with Crippen molar-refractivity contribution in [3.63, 3.8) is 0 Å². The van der Waals surface area contributed by atoms with Gasteiger partial charge in [0.2, 0.25) is 0 Å². The molecule has 0 spiro atoms. The lowest BCUT2D eigenvalue weighted by Crippen LogP contribution is -2.20. The van der Waals surface area contributed by atoms with Gasteiger partial charge in [-0.15, -0.1) is 0 Å². The normalized spacial score (nSPS) is 13.1. The number of aromatic hydroxyl groups is 3. The van der Waals surface area contributed by atoms with Crippen LogP contribution in [0.15, 0.2) is 30.3 Å². The van der Waals surface area contributed by atoms with Gasteiger partial charge in [-0.1, -0.05) is 12.1 Å². The van der Waals surface area contributed by atoms with Crippen LogP contribution in [0.25, 0.3) is 0 Å². The van der Waals surface area contributed by atoms with Crippen molar-refractivity contribution in [3.8, 4) is 17.2 Å². The molecule has 0 aliphatic heterocycles. The number of carbonyl (C=O) groups excluding carboxylic acids is 2. The van der Waals surface area contributed by atoms with Crippen molar-refractivity contribution in [3.05, 3.63) is 52.6 Å². The van der Waals surface area contributed by atoms with Crippen LogP contribution in [-0.4, -0.2) is 26.9 Å². The summed E-state index contributed by atoms with van der Waals surface area (Å²) in [6.07, 6.45) is 0. The summed E-state index contributed by atoms with van der Waals surface area (Å²) in [5.74, 6) is -2.27. The number of fused-ring (bicyclic) bond motifs is 2. The Morgan fingerprint density at radius 1 is 0.684 bits per heavy atom. The summed E-state index contributed by atoms with van der Waals surface area (Å²) in [4.78, 5) is 24.4. The Labute approximate surface area is 107 Å². The van der Waals surface area contributed by atoms with Crippen LogP contribution >= 0.6 is 0 Å². The number of hydrogen-bond donors (Lipinski definition) is 3. The second-order valence-corrected chi connectivity index (χ2v) is 4.24. The number of phenolic OH excluding ortho intramolecular Hbond substituents is 3. The van der Waals surface area contributed by atoms with Gasteiger partial charge in [0.1, 0.15) is 5.75 Å². The molecule has 0 amide bonds. The van der Waals surface area contributed by atoms with Crippen molar-refractivity contribution >= 4 is 11.6 Å². The largest absolute Gasteiger partial charge is 0.507 e. The van der Waals surface area contributed by atoms with Crippen molar-refractivity contribution in [2.75, 3.05) is 0 Å². The Bertz CT molecular complexity index is 746. The van der Waals surface area contributed by atoms with E-state index in [1.54, 1.807) is 0 Å². The van der Waals surface area contributed by atoms with Gasteiger partial charge >= 0.3 is 0 Å². The maximum atomic E-state index is 12.2. The number of carbonyl (C=O) groups is 2. The van der Waals surface area contributed by atoms with Gasteiger partial charge in [-0.05, 0) is 18.2 Å². The topological polar surface area (TPSA) is 94.8 Å². The van der Waals surface area contributed by atoms with Crippen molar-refractivity contribution in [1.29, 1.82) is 0 Å². The predicted molar refractivity (Wildman–Crippen MR) is 64.7 cm³/mol. The molecule has 5 nitrogen and oxygen atoms in total. The minimum absolute atomic E-state index is 0.0124. The molecule has 0 saturated heterocycles. The van der Waals surface area contributed by atoms with Crippen molar-refractivity contribution < 1.29 is 24.9 Å². The molecule has 0 fully saturated rings. The van der Waals surface area contributed by atoms with Gasteiger partial charge in [0, 0.05) is 16.7 Å². The summed E-state index contributed by atoms with van der Waals surface area (Å²) in [5, 5.41) is 28.5. The van der Waals surface area contributed by atoms with Crippen LogP contribution in [0.4, 0.5) is 0 Å². The van der Waals surface area contributed by atoms with Crippen LogP contribution in [0.5, 0.6) is 17.2 Å². The smallest absolute Gasteiger partial charge is 0.198 e. The molecule has 0 heterocycles. The fourth-order valence-corrected chi connectivity index (χ4v) is 2.20.